The molecule has 1 N–H and O–H groups in total. The maximum absolute atomic E-state index is 5.85. The van der Waals surface area contributed by atoms with Gasteiger partial charge in [-0.2, -0.15) is 0 Å². The number of likely N-dealkylation sites (tertiary alicyclic amines) is 1. The zero-order valence-electron chi connectivity index (χ0n) is 16.7. The highest BCUT2D eigenvalue weighted by Gasteiger charge is 2.31. The van der Waals surface area contributed by atoms with Gasteiger partial charge in [0.2, 0.25) is 0 Å². The van der Waals surface area contributed by atoms with Crippen molar-refractivity contribution in [1.82, 2.24) is 10.2 Å². The van der Waals surface area contributed by atoms with Crippen LogP contribution in [-0.4, -0.2) is 64.0 Å². The van der Waals surface area contributed by atoms with Crippen LogP contribution >= 0.6 is 0 Å². The van der Waals surface area contributed by atoms with Crippen molar-refractivity contribution in [3.05, 3.63) is 0 Å². The summed E-state index contributed by atoms with van der Waals surface area (Å²) in [5.41, 5.74) is 0.442. The summed E-state index contributed by atoms with van der Waals surface area (Å²) < 4.78 is 11.2. The summed E-state index contributed by atoms with van der Waals surface area (Å²) in [7, 11) is 1.90. The number of nitrogens with one attached hydrogen (secondary N) is 1. The van der Waals surface area contributed by atoms with Crippen LogP contribution in [0.5, 0.6) is 0 Å². The molecule has 0 spiro atoms. The summed E-state index contributed by atoms with van der Waals surface area (Å²) in [5.74, 6) is 1.76. The van der Waals surface area contributed by atoms with Crippen LogP contribution in [0.3, 0.4) is 0 Å². The van der Waals surface area contributed by atoms with Gasteiger partial charge in [-0.05, 0) is 49.9 Å². The van der Waals surface area contributed by atoms with Crippen LogP contribution in [0.15, 0.2) is 4.99 Å². The van der Waals surface area contributed by atoms with Crippen molar-refractivity contribution < 1.29 is 9.47 Å². The second-order valence-corrected chi connectivity index (χ2v) is 8.04. The molecule has 0 aromatic carbocycles. The van der Waals surface area contributed by atoms with Crippen molar-refractivity contribution in [3.63, 3.8) is 0 Å². The molecule has 25 heavy (non-hydrogen) atoms. The van der Waals surface area contributed by atoms with Gasteiger partial charge in [0.05, 0.1) is 0 Å². The zero-order valence-corrected chi connectivity index (χ0v) is 16.7. The first-order chi connectivity index (χ1) is 12.2. The maximum atomic E-state index is 5.85. The SMILES string of the molecule is CCCC1(C)CCCN(C(=NC)NCCCOCC2CCOCC2)C1. The molecule has 0 saturated carbocycles. The Kier molecular flexibility index (Phi) is 9.04. The van der Waals surface area contributed by atoms with Crippen LogP contribution in [0.2, 0.25) is 0 Å². The van der Waals surface area contributed by atoms with E-state index in [1.165, 1.54) is 25.7 Å². The Hall–Kier alpha value is -0.810. The normalized spacial score (nSPS) is 26.0. The van der Waals surface area contributed by atoms with Gasteiger partial charge in [-0.15, -0.1) is 0 Å². The molecule has 0 radical (unpaired) electrons. The molecular formula is C20H39N3O2. The molecule has 0 amide bonds. The average Bonchev–Trinajstić information content (AvgIpc) is 2.62. The highest BCUT2D eigenvalue weighted by molar-refractivity contribution is 5.80. The number of hydrogen-bond acceptors (Lipinski definition) is 3. The van der Waals surface area contributed by atoms with E-state index >= 15 is 0 Å². The predicted octanol–water partition coefficient (Wildman–Crippen LogP) is 3.30. The predicted molar refractivity (Wildman–Crippen MR) is 104 cm³/mol. The van der Waals surface area contributed by atoms with Crippen LogP contribution in [-0.2, 0) is 9.47 Å². The lowest BCUT2D eigenvalue weighted by Crippen LogP contribution is -2.50. The van der Waals surface area contributed by atoms with Gasteiger partial charge in [0.25, 0.3) is 0 Å². The lowest BCUT2D eigenvalue weighted by molar-refractivity contribution is 0.0203. The Bertz CT molecular complexity index is 392. The minimum absolute atomic E-state index is 0.442. The van der Waals surface area contributed by atoms with Gasteiger partial charge in [-0.1, -0.05) is 20.3 Å². The molecule has 5 nitrogen and oxygen atoms in total. The van der Waals surface area contributed by atoms with Crippen molar-refractivity contribution in [2.75, 3.05) is 53.1 Å². The molecule has 1 unspecified atom stereocenters. The lowest BCUT2D eigenvalue weighted by Gasteiger charge is -2.42. The number of guanidine groups is 1. The van der Waals surface area contributed by atoms with E-state index in [1.54, 1.807) is 0 Å². The molecule has 0 aromatic heterocycles. The van der Waals surface area contributed by atoms with Crippen LogP contribution in [0.25, 0.3) is 0 Å². The van der Waals surface area contributed by atoms with Gasteiger partial charge in [0.15, 0.2) is 5.96 Å². The van der Waals surface area contributed by atoms with E-state index in [0.717, 1.165) is 71.3 Å². The fourth-order valence-corrected chi connectivity index (χ4v) is 4.17. The molecule has 2 rings (SSSR count). The highest BCUT2D eigenvalue weighted by atomic mass is 16.5. The summed E-state index contributed by atoms with van der Waals surface area (Å²) in [6, 6.07) is 0. The van der Waals surface area contributed by atoms with Crippen molar-refractivity contribution in [3.8, 4) is 0 Å². The molecule has 2 aliphatic heterocycles. The van der Waals surface area contributed by atoms with Crippen LogP contribution in [0.4, 0.5) is 0 Å². The summed E-state index contributed by atoms with van der Waals surface area (Å²) in [6.07, 6.45) is 8.51. The summed E-state index contributed by atoms with van der Waals surface area (Å²) in [5, 5.41) is 3.53. The summed E-state index contributed by atoms with van der Waals surface area (Å²) >= 11 is 0. The summed E-state index contributed by atoms with van der Waals surface area (Å²) in [4.78, 5) is 6.95. The van der Waals surface area contributed by atoms with Crippen molar-refractivity contribution >= 4 is 5.96 Å². The number of aliphatic imine (C=N–C) groups is 1. The topological polar surface area (TPSA) is 46.1 Å². The molecule has 2 saturated heterocycles. The fourth-order valence-electron chi connectivity index (χ4n) is 4.17. The largest absolute Gasteiger partial charge is 0.381 e. The van der Waals surface area contributed by atoms with Gasteiger partial charge in [0.1, 0.15) is 0 Å². The Morgan fingerprint density at radius 1 is 1.36 bits per heavy atom. The van der Waals surface area contributed by atoms with Crippen molar-refractivity contribution in [2.45, 2.75) is 58.8 Å². The molecule has 146 valence electrons. The van der Waals surface area contributed by atoms with Gasteiger partial charge >= 0.3 is 0 Å². The molecule has 2 heterocycles. The number of piperidine rings is 1. The Balaban J connectivity index is 1.61. The first-order valence-electron chi connectivity index (χ1n) is 10.3. The third-order valence-electron chi connectivity index (χ3n) is 5.59. The van der Waals surface area contributed by atoms with E-state index < -0.39 is 0 Å². The van der Waals surface area contributed by atoms with Crippen molar-refractivity contribution in [2.24, 2.45) is 16.3 Å². The molecule has 0 bridgehead atoms. The van der Waals surface area contributed by atoms with E-state index in [9.17, 15) is 0 Å². The van der Waals surface area contributed by atoms with Crippen LogP contribution in [0, 0.1) is 11.3 Å². The van der Waals surface area contributed by atoms with E-state index in [2.05, 4.69) is 29.1 Å². The van der Waals surface area contributed by atoms with E-state index in [0.29, 0.717) is 11.3 Å². The molecule has 0 aliphatic carbocycles. The van der Waals surface area contributed by atoms with Gasteiger partial charge in [0, 0.05) is 53.1 Å². The highest BCUT2D eigenvalue weighted by Crippen LogP contribution is 2.33. The van der Waals surface area contributed by atoms with Gasteiger partial charge in [-0.3, -0.25) is 4.99 Å². The van der Waals surface area contributed by atoms with E-state index in [1.807, 2.05) is 7.05 Å². The quantitative estimate of drug-likeness (QED) is 0.413. The lowest BCUT2D eigenvalue weighted by atomic mass is 9.78. The third-order valence-corrected chi connectivity index (χ3v) is 5.59. The first-order valence-corrected chi connectivity index (χ1v) is 10.3. The molecule has 2 aliphatic rings. The average molecular weight is 354 g/mol. The van der Waals surface area contributed by atoms with Crippen molar-refractivity contribution in [1.29, 1.82) is 0 Å². The number of ether oxygens (including phenoxy) is 2. The Morgan fingerprint density at radius 2 is 2.16 bits per heavy atom. The fraction of sp³-hybridized carbons (Fsp3) is 0.950. The standard InChI is InChI=1S/C20H39N3O2/c1-4-9-20(2)10-5-12-23(17-20)19(21-3)22-11-6-13-25-16-18-7-14-24-15-8-18/h18H,4-17H2,1-3H3,(H,21,22). The van der Waals surface area contributed by atoms with E-state index in [4.69, 9.17) is 9.47 Å². The first kappa shape index (κ1) is 20.5. The monoisotopic (exact) mass is 353 g/mol. The maximum Gasteiger partial charge on any atom is 0.193 e. The second kappa shape index (κ2) is 11.0. The molecule has 1 atom stereocenters. The molecule has 5 heteroatoms. The summed E-state index contributed by atoms with van der Waals surface area (Å²) in [6.45, 7) is 11.4. The van der Waals surface area contributed by atoms with E-state index in [-0.39, 0.29) is 0 Å². The minimum Gasteiger partial charge on any atom is -0.381 e. The second-order valence-electron chi connectivity index (χ2n) is 8.04. The smallest absolute Gasteiger partial charge is 0.193 e. The molecule has 0 aromatic rings. The zero-order chi connectivity index (χ0) is 18.0. The number of rotatable bonds is 8. The van der Waals surface area contributed by atoms with Crippen LogP contribution < -0.4 is 5.32 Å². The Labute approximate surface area is 154 Å². The molecule has 2 fully saturated rings. The van der Waals surface area contributed by atoms with Crippen LogP contribution in [0.1, 0.15) is 58.8 Å². The number of hydrogen-bond donors (Lipinski definition) is 1. The van der Waals surface area contributed by atoms with Gasteiger partial charge < -0.3 is 19.7 Å². The Morgan fingerprint density at radius 3 is 2.88 bits per heavy atom. The minimum atomic E-state index is 0.442. The number of nitrogens with zero attached hydrogens (tertiary/aromatic N) is 2. The third kappa shape index (κ3) is 7.14. The molecular weight excluding hydrogens is 314 g/mol. The van der Waals surface area contributed by atoms with Gasteiger partial charge in [-0.25, -0.2) is 0 Å².